The zero-order valence-electron chi connectivity index (χ0n) is 18.8. The molecule has 0 fully saturated rings. The van der Waals surface area contributed by atoms with Gasteiger partial charge in [-0.15, -0.1) is 0 Å². The number of nitrogens with one attached hydrogen (secondary N) is 2. The molecule has 0 atom stereocenters. The Bertz CT molecular complexity index is 1120. The van der Waals surface area contributed by atoms with Crippen LogP contribution in [0.25, 0.3) is 0 Å². The number of halogens is 1. The molecule has 2 amide bonds. The van der Waals surface area contributed by atoms with Crippen molar-refractivity contribution in [3.63, 3.8) is 0 Å². The SMILES string of the molecule is CCOc1cc(C=NNC(=O)CCC(=O)Nc2ccccc2)ccc1OCc1ccc(Br)cc1. The average molecular weight is 524 g/mol. The standard InChI is InChI=1S/C26H26BrN3O4/c1-2-33-24-16-20(10-13-23(24)34-18-19-8-11-21(27)12-9-19)17-28-30-26(32)15-14-25(31)29-22-6-4-3-5-7-22/h3-13,16-17H,2,14-15,18H2,1H3,(H,29,31)(H,30,32). The Morgan fingerprint density at radius 2 is 1.65 bits per heavy atom. The predicted molar refractivity (Wildman–Crippen MR) is 136 cm³/mol. The summed E-state index contributed by atoms with van der Waals surface area (Å²) in [6.45, 7) is 2.79. The number of hydrogen-bond acceptors (Lipinski definition) is 5. The van der Waals surface area contributed by atoms with Crippen molar-refractivity contribution in [2.75, 3.05) is 11.9 Å². The second-order valence-corrected chi connectivity index (χ2v) is 8.18. The number of anilines is 1. The van der Waals surface area contributed by atoms with Crippen LogP contribution < -0.4 is 20.2 Å². The van der Waals surface area contributed by atoms with Crippen molar-refractivity contribution in [2.45, 2.75) is 26.4 Å². The molecule has 2 N–H and O–H groups in total. The van der Waals surface area contributed by atoms with E-state index in [2.05, 4.69) is 31.8 Å². The first-order valence-corrected chi connectivity index (χ1v) is 11.6. The van der Waals surface area contributed by atoms with E-state index in [0.29, 0.717) is 30.4 Å². The zero-order chi connectivity index (χ0) is 24.2. The summed E-state index contributed by atoms with van der Waals surface area (Å²) in [6.07, 6.45) is 1.61. The Hall–Kier alpha value is -3.65. The summed E-state index contributed by atoms with van der Waals surface area (Å²) in [7, 11) is 0. The fourth-order valence-electron chi connectivity index (χ4n) is 2.94. The minimum atomic E-state index is -0.348. The van der Waals surface area contributed by atoms with Crippen LogP contribution >= 0.6 is 15.9 Å². The fraction of sp³-hybridized carbons (Fsp3) is 0.192. The molecule has 0 bridgehead atoms. The van der Waals surface area contributed by atoms with Crippen LogP contribution in [0.4, 0.5) is 5.69 Å². The molecule has 8 heteroatoms. The lowest BCUT2D eigenvalue weighted by Crippen LogP contribution is -2.20. The fourth-order valence-corrected chi connectivity index (χ4v) is 3.21. The molecule has 3 aromatic rings. The Morgan fingerprint density at radius 1 is 0.912 bits per heavy atom. The maximum absolute atomic E-state index is 12.0. The molecule has 0 heterocycles. The minimum Gasteiger partial charge on any atom is -0.490 e. The molecule has 0 aromatic heterocycles. The summed E-state index contributed by atoms with van der Waals surface area (Å²) in [4.78, 5) is 23.9. The first-order chi connectivity index (χ1) is 16.5. The average Bonchev–Trinajstić information content (AvgIpc) is 2.84. The van der Waals surface area contributed by atoms with Gasteiger partial charge in [-0.2, -0.15) is 5.10 Å². The van der Waals surface area contributed by atoms with Gasteiger partial charge in [-0.1, -0.05) is 46.3 Å². The van der Waals surface area contributed by atoms with E-state index in [1.165, 1.54) is 6.21 Å². The predicted octanol–water partition coefficient (Wildman–Crippen LogP) is 5.30. The summed E-state index contributed by atoms with van der Waals surface area (Å²) >= 11 is 3.42. The second kappa shape index (κ2) is 13.2. The molecule has 0 unspecified atom stereocenters. The van der Waals surface area contributed by atoms with Gasteiger partial charge < -0.3 is 14.8 Å². The summed E-state index contributed by atoms with van der Waals surface area (Å²) < 4.78 is 12.6. The summed E-state index contributed by atoms with van der Waals surface area (Å²) in [5.41, 5.74) is 4.91. The quantitative estimate of drug-likeness (QED) is 0.263. The van der Waals surface area contributed by atoms with Crippen LogP contribution in [0, 0.1) is 0 Å². The van der Waals surface area contributed by atoms with Gasteiger partial charge in [0.05, 0.1) is 12.8 Å². The smallest absolute Gasteiger partial charge is 0.240 e. The van der Waals surface area contributed by atoms with Crippen LogP contribution in [0.3, 0.4) is 0 Å². The normalized spacial score (nSPS) is 10.6. The number of hydrogen-bond donors (Lipinski definition) is 2. The third kappa shape index (κ3) is 8.37. The molecule has 0 aliphatic carbocycles. The van der Waals surface area contributed by atoms with Gasteiger partial charge in [-0.3, -0.25) is 9.59 Å². The van der Waals surface area contributed by atoms with Gasteiger partial charge in [-0.05, 0) is 60.5 Å². The largest absolute Gasteiger partial charge is 0.490 e. The number of nitrogens with zero attached hydrogens (tertiary/aromatic N) is 1. The van der Waals surface area contributed by atoms with E-state index < -0.39 is 0 Å². The van der Waals surface area contributed by atoms with Gasteiger partial charge in [0.1, 0.15) is 6.61 Å². The molecule has 0 spiro atoms. The Morgan fingerprint density at radius 3 is 2.38 bits per heavy atom. The molecule has 0 aliphatic rings. The van der Waals surface area contributed by atoms with E-state index in [1.54, 1.807) is 24.3 Å². The molecule has 34 heavy (non-hydrogen) atoms. The zero-order valence-corrected chi connectivity index (χ0v) is 20.4. The lowest BCUT2D eigenvalue weighted by molar-refractivity contribution is -0.124. The van der Waals surface area contributed by atoms with Gasteiger partial charge in [0, 0.05) is 23.0 Å². The lowest BCUT2D eigenvalue weighted by Gasteiger charge is -2.12. The van der Waals surface area contributed by atoms with Crippen molar-refractivity contribution in [1.29, 1.82) is 0 Å². The topological polar surface area (TPSA) is 89.0 Å². The maximum Gasteiger partial charge on any atom is 0.240 e. The van der Waals surface area contributed by atoms with Gasteiger partial charge in [0.2, 0.25) is 11.8 Å². The van der Waals surface area contributed by atoms with Crippen molar-refractivity contribution < 1.29 is 19.1 Å². The number of hydrazone groups is 1. The van der Waals surface area contributed by atoms with E-state index >= 15 is 0 Å². The molecular formula is C26H26BrN3O4. The van der Waals surface area contributed by atoms with E-state index in [4.69, 9.17) is 9.47 Å². The Balaban J connectivity index is 1.49. The first kappa shape index (κ1) is 25.0. The number of ether oxygens (including phenoxy) is 2. The van der Waals surface area contributed by atoms with Crippen molar-refractivity contribution in [2.24, 2.45) is 5.10 Å². The number of para-hydroxylation sites is 1. The monoisotopic (exact) mass is 523 g/mol. The molecule has 0 radical (unpaired) electrons. The number of rotatable bonds is 11. The molecular weight excluding hydrogens is 498 g/mol. The van der Waals surface area contributed by atoms with Crippen LogP contribution in [0.15, 0.2) is 82.4 Å². The Kier molecular flexibility index (Phi) is 9.66. The van der Waals surface area contributed by atoms with Gasteiger partial charge in [-0.25, -0.2) is 5.43 Å². The first-order valence-electron chi connectivity index (χ1n) is 10.8. The van der Waals surface area contributed by atoms with E-state index in [1.807, 2.05) is 55.5 Å². The molecule has 7 nitrogen and oxygen atoms in total. The lowest BCUT2D eigenvalue weighted by atomic mass is 10.2. The number of carbonyl (C=O) groups excluding carboxylic acids is 2. The van der Waals surface area contributed by atoms with Crippen LogP contribution in [-0.2, 0) is 16.2 Å². The highest BCUT2D eigenvalue weighted by Crippen LogP contribution is 2.29. The third-order valence-electron chi connectivity index (χ3n) is 4.61. The summed E-state index contributed by atoms with van der Waals surface area (Å²) in [5.74, 6) is 0.632. The molecule has 3 aromatic carbocycles. The number of benzene rings is 3. The number of amides is 2. The van der Waals surface area contributed by atoms with Crippen LogP contribution in [0.1, 0.15) is 30.9 Å². The molecule has 3 rings (SSSR count). The second-order valence-electron chi connectivity index (χ2n) is 7.26. The van der Waals surface area contributed by atoms with Crippen molar-refractivity contribution in [3.05, 3.63) is 88.4 Å². The van der Waals surface area contributed by atoms with Gasteiger partial charge >= 0.3 is 0 Å². The highest BCUT2D eigenvalue weighted by atomic mass is 79.9. The van der Waals surface area contributed by atoms with Crippen molar-refractivity contribution >= 4 is 39.6 Å². The summed E-state index contributed by atoms with van der Waals surface area (Å²) in [5, 5.41) is 6.72. The minimum absolute atomic E-state index is 0.0308. The van der Waals surface area contributed by atoms with Crippen molar-refractivity contribution in [1.82, 2.24) is 5.43 Å². The maximum atomic E-state index is 12.0. The van der Waals surface area contributed by atoms with Gasteiger partial charge in [0.15, 0.2) is 11.5 Å². The van der Waals surface area contributed by atoms with Gasteiger partial charge in [0.25, 0.3) is 0 Å². The van der Waals surface area contributed by atoms with E-state index in [0.717, 1.165) is 15.6 Å². The summed E-state index contributed by atoms with van der Waals surface area (Å²) in [6, 6.07) is 22.4. The number of carbonyl (C=O) groups is 2. The molecule has 0 aliphatic heterocycles. The van der Waals surface area contributed by atoms with E-state index in [-0.39, 0.29) is 24.7 Å². The highest BCUT2D eigenvalue weighted by molar-refractivity contribution is 9.10. The van der Waals surface area contributed by atoms with Crippen LogP contribution in [0.2, 0.25) is 0 Å². The van der Waals surface area contributed by atoms with Crippen LogP contribution in [-0.4, -0.2) is 24.6 Å². The molecule has 176 valence electrons. The third-order valence-corrected chi connectivity index (χ3v) is 5.14. The Labute approximate surface area is 207 Å². The molecule has 0 saturated heterocycles. The van der Waals surface area contributed by atoms with E-state index in [9.17, 15) is 9.59 Å². The molecule has 0 saturated carbocycles. The highest BCUT2D eigenvalue weighted by Gasteiger charge is 2.08. The van der Waals surface area contributed by atoms with Crippen molar-refractivity contribution in [3.8, 4) is 11.5 Å². The van der Waals surface area contributed by atoms with Crippen LogP contribution in [0.5, 0.6) is 11.5 Å².